The first-order valence-corrected chi connectivity index (χ1v) is 9.35. The maximum Gasteiger partial charge on any atom is 0.384 e. The van der Waals surface area contributed by atoms with Gasteiger partial charge in [-0.3, -0.25) is 0 Å². The Morgan fingerprint density at radius 3 is 2.70 bits per heavy atom. The minimum atomic E-state index is -0.538. The second-order valence-electron chi connectivity index (χ2n) is 6.67. The summed E-state index contributed by atoms with van der Waals surface area (Å²) < 4.78 is 1.07. The van der Waals surface area contributed by atoms with E-state index in [0.29, 0.717) is 16.9 Å². The topological polar surface area (TPSA) is 69.0 Å². The van der Waals surface area contributed by atoms with E-state index in [1.807, 2.05) is 48.5 Å². The Hall–Kier alpha value is -4.37. The van der Waals surface area contributed by atoms with Gasteiger partial charge in [0.05, 0.1) is 5.39 Å². The monoisotopic (exact) mass is 392 g/mol. The molecule has 0 bridgehead atoms. The van der Waals surface area contributed by atoms with Gasteiger partial charge in [-0.25, -0.2) is 9.78 Å². The number of aromatic nitrogens is 3. The van der Waals surface area contributed by atoms with Crippen molar-refractivity contribution in [2.75, 3.05) is 12.4 Å². The van der Waals surface area contributed by atoms with Crippen LogP contribution in [0.25, 0.3) is 22.7 Å². The van der Waals surface area contributed by atoms with Gasteiger partial charge in [0.25, 0.3) is 0 Å². The Morgan fingerprint density at radius 2 is 1.87 bits per heavy atom. The Morgan fingerprint density at radius 1 is 1.03 bits per heavy atom. The summed E-state index contributed by atoms with van der Waals surface area (Å²) in [7, 11) is 1.41. The second-order valence-corrected chi connectivity index (χ2v) is 6.67. The minimum absolute atomic E-state index is 0.403. The number of nitrogens with zero attached hydrogens (tertiary/aromatic N) is 3. The van der Waals surface area contributed by atoms with Gasteiger partial charge in [-0.1, -0.05) is 47.9 Å². The van der Waals surface area contributed by atoms with E-state index in [2.05, 4.69) is 38.9 Å². The maximum atomic E-state index is 12.3. The summed E-state index contributed by atoms with van der Waals surface area (Å²) in [5, 5.41) is 3.90. The van der Waals surface area contributed by atoms with E-state index >= 15 is 0 Å². The average Bonchev–Trinajstić information content (AvgIpc) is 2.79. The maximum absolute atomic E-state index is 12.3. The highest BCUT2D eigenvalue weighted by molar-refractivity contribution is 5.89. The van der Waals surface area contributed by atoms with Crippen molar-refractivity contribution >= 4 is 34.2 Å². The number of benzene rings is 2. The molecule has 0 radical (unpaired) electrons. The Balaban J connectivity index is 1.51. The molecule has 4 aromatic rings. The van der Waals surface area contributed by atoms with E-state index in [-0.39, 0.29) is 0 Å². The van der Waals surface area contributed by atoms with E-state index in [4.69, 9.17) is 4.84 Å². The summed E-state index contributed by atoms with van der Waals surface area (Å²) in [6.07, 6.45) is 3.54. The molecule has 0 atom stereocenters. The molecule has 6 heteroatoms. The van der Waals surface area contributed by atoms with Crippen LogP contribution in [0.15, 0.2) is 83.1 Å². The van der Waals surface area contributed by atoms with Crippen LogP contribution in [0.4, 0.5) is 11.5 Å². The number of pyridine rings is 1. The molecule has 30 heavy (non-hydrogen) atoms. The zero-order chi connectivity index (χ0) is 20.5. The summed E-state index contributed by atoms with van der Waals surface area (Å²) in [4.78, 5) is 25.7. The molecule has 144 valence electrons. The van der Waals surface area contributed by atoms with E-state index in [0.717, 1.165) is 32.7 Å². The average molecular weight is 392 g/mol. The van der Waals surface area contributed by atoms with Gasteiger partial charge in [0.1, 0.15) is 12.9 Å². The first-order valence-electron chi connectivity index (χ1n) is 9.35. The molecule has 1 aliphatic carbocycles. The predicted molar refractivity (Wildman–Crippen MR) is 116 cm³/mol. The van der Waals surface area contributed by atoms with Crippen molar-refractivity contribution < 1.29 is 4.84 Å². The first-order chi connectivity index (χ1) is 14.7. The molecule has 2 aromatic heterocycles. The van der Waals surface area contributed by atoms with Crippen LogP contribution < -0.4 is 15.8 Å². The summed E-state index contributed by atoms with van der Waals surface area (Å²) in [5.41, 5.74) is 11.2. The van der Waals surface area contributed by atoms with Crippen molar-refractivity contribution in [2.24, 2.45) is 0 Å². The lowest BCUT2D eigenvalue weighted by molar-refractivity contribution is 0.164. The standard InChI is InChI=1S/C24H16N4O2/c1-30-28-23-21(10-5-15-25-23)22(27-24(28)29)26-18-13-11-17(12-14-18)20-9-4-7-16-6-2-3-8-19(16)20/h2-3,5-8,10-15H,1H3,(H,26,27,29). The van der Waals surface area contributed by atoms with Crippen LogP contribution in [0.2, 0.25) is 0 Å². The molecule has 6 nitrogen and oxygen atoms in total. The zero-order valence-corrected chi connectivity index (χ0v) is 16.1. The quantitative estimate of drug-likeness (QED) is 0.471. The lowest BCUT2D eigenvalue weighted by Crippen LogP contribution is -2.28. The zero-order valence-electron chi connectivity index (χ0n) is 16.1. The summed E-state index contributed by atoms with van der Waals surface area (Å²) >= 11 is 0. The molecule has 0 saturated carbocycles. The molecule has 0 unspecified atom stereocenters. The number of hydrogen-bond acceptors (Lipinski definition) is 5. The fourth-order valence-electron chi connectivity index (χ4n) is 3.48. The van der Waals surface area contributed by atoms with Crippen LogP contribution in [-0.4, -0.2) is 21.8 Å². The van der Waals surface area contributed by atoms with Crippen LogP contribution in [-0.2, 0) is 0 Å². The molecule has 5 rings (SSSR count). The Kier molecular flexibility index (Phi) is 4.26. The van der Waals surface area contributed by atoms with Gasteiger partial charge in [0.2, 0.25) is 0 Å². The van der Waals surface area contributed by atoms with Gasteiger partial charge in [-0.15, -0.1) is 4.73 Å². The van der Waals surface area contributed by atoms with Gasteiger partial charge in [0.15, 0.2) is 5.65 Å². The van der Waals surface area contributed by atoms with E-state index in [9.17, 15) is 4.79 Å². The van der Waals surface area contributed by atoms with Crippen molar-refractivity contribution in [3.63, 3.8) is 0 Å². The van der Waals surface area contributed by atoms with Gasteiger partial charge in [-0.2, -0.15) is 4.98 Å². The van der Waals surface area contributed by atoms with Crippen LogP contribution in [0.1, 0.15) is 16.7 Å². The fourth-order valence-corrected chi connectivity index (χ4v) is 3.48. The molecular weight excluding hydrogens is 376 g/mol. The lowest BCUT2D eigenvalue weighted by Gasteiger charge is -2.13. The second kappa shape index (κ2) is 7.22. The molecule has 2 heterocycles. The number of nitrogens with one attached hydrogen (secondary N) is 1. The van der Waals surface area contributed by atoms with Crippen LogP contribution >= 0.6 is 0 Å². The molecule has 0 saturated heterocycles. The Labute approximate surface area is 172 Å². The summed E-state index contributed by atoms with van der Waals surface area (Å²) in [6.45, 7) is 0. The molecule has 2 aromatic carbocycles. The smallest absolute Gasteiger partial charge is 0.384 e. The summed E-state index contributed by atoms with van der Waals surface area (Å²) in [6, 6.07) is 19.7. The fraction of sp³-hybridized carbons (Fsp3) is 0.0417. The Bertz CT molecular complexity index is 1440. The molecule has 0 amide bonds. The number of hydrogen-bond donors (Lipinski definition) is 1. The number of rotatable bonds is 4. The minimum Gasteiger partial charge on any atom is -0.411 e. The molecule has 1 aliphatic rings. The first kappa shape index (κ1) is 17.7. The van der Waals surface area contributed by atoms with Crippen molar-refractivity contribution in [1.82, 2.24) is 14.7 Å². The van der Waals surface area contributed by atoms with Gasteiger partial charge >= 0.3 is 5.69 Å². The largest absolute Gasteiger partial charge is 0.411 e. The van der Waals surface area contributed by atoms with Gasteiger partial charge in [-0.05, 0) is 47.0 Å². The highest BCUT2D eigenvalue weighted by Gasteiger charge is 2.13. The number of fused-ring (bicyclic) bond motifs is 2. The highest BCUT2D eigenvalue weighted by Crippen LogP contribution is 2.29. The van der Waals surface area contributed by atoms with Crippen molar-refractivity contribution in [3.8, 4) is 0 Å². The van der Waals surface area contributed by atoms with Crippen LogP contribution in [0, 0.1) is 0 Å². The third-order valence-electron chi connectivity index (χ3n) is 4.89. The van der Waals surface area contributed by atoms with Crippen LogP contribution in [0.5, 0.6) is 0 Å². The van der Waals surface area contributed by atoms with Gasteiger partial charge < -0.3 is 10.2 Å². The van der Waals surface area contributed by atoms with Crippen molar-refractivity contribution in [1.29, 1.82) is 0 Å². The van der Waals surface area contributed by atoms with E-state index < -0.39 is 5.69 Å². The van der Waals surface area contributed by atoms with E-state index in [1.54, 1.807) is 12.3 Å². The van der Waals surface area contributed by atoms with Crippen LogP contribution in [0.3, 0.4) is 0 Å². The predicted octanol–water partition coefficient (Wildman–Crippen LogP) is 3.81. The van der Waals surface area contributed by atoms with Crippen molar-refractivity contribution in [3.05, 3.63) is 105 Å². The molecule has 0 aliphatic heterocycles. The third kappa shape index (κ3) is 2.99. The molecular formula is C24H16N4O2. The SMILES string of the molecule is COn1c(=O)nc(Nc2ccc(C3=C=C=Cc4ccccc43)cc2)c2cccnc21. The third-order valence-corrected chi connectivity index (χ3v) is 4.89. The van der Waals surface area contributed by atoms with E-state index in [1.165, 1.54) is 7.11 Å². The summed E-state index contributed by atoms with van der Waals surface area (Å²) in [5.74, 6) is 0.425. The van der Waals surface area contributed by atoms with Gasteiger partial charge in [0, 0.05) is 17.5 Å². The lowest BCUT2D eigenvalue weighted by atomic mass is 9.92. The molecule has 1 N–H and O–H groups in total. The molecule has 0 fully saturated rings. The highest BCUT2D eigenvalue weighted by atomic mass is 16.7. The normalized spacial score (nSPS) is 11.8. The number of anilines is 2. The molecule has 0 spiro atoms. The van der Waals surface area contributed by atoms with Crippen molar-refractivity contribution in [2.45, 2.75) is 0 Å².